The maximum absolute atomic E-state index is 12.7. The Kier molecular flexibility index (Phi) is 4.96. The second kappa shape index (κ2) is 8.07. The minimum absolute atomic E-state index is 0.0303. The van der Waals surface area contributed by atoms with Crippen LogP contribution < -0.4 is 10.9 Å². The number of pyridine rings is 1. The predicted molar refractivity (Wildman–Crippen MR) is 116 cm³/mol. The Balaban J connectivity index is 1.52. The Morgan fingerprint density at radius 1 is 1.26 bits per heavy atom. The summed E-state index contributed by atoms with van der Waals surface area (Å²) in [5.41, 5.74) is 2.42. The van der Waals surface area contributed by atoms with Crippen molar-refractivity contribution < 1.29 is 0 Å². The van der Waals surface area contributed by atoms with E-state index in [0.29, 0.717) is 17.7 Å². The number of H-pyrrole nitrogens is 1. The van der Waals surface area contributed by atoms with E-state index in [0.717, 1.165) is 42.5 Å². The lowest BCUT2D eigenvalue weighted by molar-refractivity contribution is 0.277. The van der Waals surface area contributed by atoms with Crippen LogP contribution in [0.3, 0.4) is 0 Å². The number of anilines is 2. The van der Waals surface area contributed by atoms with E-state index in [-0.39, 0.29) is 17.5 Å². The number of rotatable bonds is 5. The fourth-order valence-electron chi connectivity index (χ4n) is 4.38. The van der Waals surface area contributed by atoms with E-state index in [9.17, 15) is 10.1 Å². The molecule has 2 atom stereocenters. The van der Waals surface area contributed by atoms with Gasteiger partial charge in [-0.3, -0.25) is 9.48 Å². The Bertz CT molecular complexity index is 1300. The van der Waals surface area contributed by atoms with Crippen LogP contribution in [0.25, 0.3) is 10.9 Å². The summed E-state index contributed by atoms with van der Waals surface area (Å²) in [6, 6.07) is 12.2. The van der Waals surface area contributed by atoms with Crippen molar-refractivity contribution in [1.29, 1.82) is 5.26 Å². The highest BCUT2D eigenvalue weighted by molar-refractivity contribution is 5.91. The zero-order valence-electron chi connectivity index (χ0n) is 16.9. The van der Waals surface area contributed by atoms with Gasteiger partial charge in [0.25, 0.3) is 5.56 Å². The molecule has 1 aliphatic carbocycles. The molecular weight excluding hydrogens is 392 g/mol. The van der Waals surface area contributed by atoms with Crippen molar-refractivity contribution in [2.24, 2.45) is 5.92 Å². The molecule has 9 heteroatoms. The minimum atomic E-state index is -0.200. The Hall–Kier alpha value is -3.93. The van der Waals surface area contributed by atoms with Crippen LogP contribution in [0.2, 0.25) is 0 Å². The van der Waals surface area contributed by atoms with Gasteiger partial charge in [0.2, 0.25) is 0 Å². The maximum Gasteiger partial charge on any atom is 0.261 e. The molecule has 2 unspecified atom stereocenters. The molecule has 9 nitrogen and oxygen atoms in total. The van der Waals surface area contributed by atoms with Crippen LogP contribution in [0.5, 0.6) is 0 Å². The van der Waals surface area contributed by atoms with Gasteiger partial charge in [0.05, 0.1) is 30.1 Å². The molecule has 1 saturated carbocycles. The molecule has 3 heterocycles. The van der Waals surface area contributed by atoms with Gasteiger partial charge in [-0.25, -0.2) is 9.67 Å². The summed E-state index contributed by atoms with van der Waals surface area (Å²) in [7, 11) is 0. The highest BCUT2D eigenvalue weighted by Gasteiger charge is 2.29. The Morgan fingerprint density at radius 3 is 3.00 bits per heavy atom. The molecule has 0 spiro atoms. The smallest absolute Gasteiger partial charge is 0.261 e. The molecule has 0 bridgehead atoms. The molecule has 31 heavy (non-hydrogen) atoms. The molecule has 5 rings (SSSR count). The van der Waals surface area contributed by atoms with Crippen LogP contribution in [0.4, 0.5) is 11.5 Å². The highest BCUT2D eigenvalue weighted by Crippen LogP contribution is 2.36. The first-order valence-electron chi connectivity index (χ1n) is 10.4. The van der Waals surface area contributed by atoms with Crippen molar-refractivity contribution >= 4 is 22.4 Å². The third-order valence-electron chi connectivity index (χ3n) is 5.84. The van der Waals surface area contributed by atoms with Gasteiger partial charge in [0.15, 0.2) is 5.82 Å². The van der Waals surface area contributed by atoms with Crippen LogP contribution in [0.15, 0.2) is 54.0 Å². The van der Waals surface area contributed by atoms with Crippen molar-refractivity contribution in [3.63, 3.8) is 0 Å². The van der Waals surface area contributed by atoms with Crippen molar-refractivity contribution in [1.82, 2.24) is 29.5 Å². The summed E-state index contributed by atoms with van der Waals surface area (Å²) < 4.78 is 3.62. The summed E-state index contributed by atoms with van der Waals surface area (Å²) in [6.07, 6.45) is 8.67. The molecule has 0 saturated heterocycles. The lowest BCUT2D eigenvalue weighted by Crippen LogP contribution is -2.23. The number of hydrogen-bond acceptors (Lipinski definition) is 6. The first-order valence-corrected chi connectivity index (χ1v) is 10.4. The fourth-order valence-corrected chi connectivity index (χ4v) is 4.38. The Labute approximate surface area is 178 Å². The van der Waals surface area contributed by atoms with Gasteiger partial charge in [0, 0.05) is 11.9 Å². The van der Waals surface area contributed by atoms with Gasteiger partial charge >= 0.3 is 0 Å². The number of nitrogens with one attached hydrogen (secondary N) is 2. The number of nitrogens with zero attached hydrogens (tertiary/aromatic N) is 6. The van der Waals surface area contributed by atoms with Crippen molar-refractivity contribution in [2.75, 3.05) is 5.32 Å². The summed E-state index contributed by atoms with van der Waals surface area (Å²) >= 11 is 0. The molecule has 0 amide bonds. The van der Waals surface area contributed by atoms with E-state index in [1.165, 1.54) is 6.33 Å². The van der Waals surface area contributed by atoms with Crippen LogP contribution in [0.1, 0.15) is 37.3 Å². The molecule has 1 aromatic carbocycles. The minimum Gasteiger partial charge on any atom is -0.338 e. The molecule has 1 aliphatic rings. The maximum atomic E-state index is 12.7. The second-order valence-electron chi connectivity index (χ2n) is 7.87. The normalized spacial score (nSPS) is 18.7. The molecule has 2 N–H and O–H groups in total. The number of aromatic nitrogens is 6. The quantitative estimate of drug-likeness (QED) is 0.517. The second-order valence-corrected chi connectivity index (χ2v) is 7.87. The monoisotopic (exact) mass is 414 g/mol. The summed E-state index contributed by atoms with van der Waals surface area (Å²) in [5.74, 6) is 0.395. The lowest BCUT2D eigenvalue weighted by Gasteiger charge is -2.27. The number of hydrogen-bond donors (Lipinski definition) is 2. The van der Waals surface area contributed by atoms with E-state index in [2.05, 4.69) is 26.5 Å². The van der Waals surface area contributed by atoms with Crippen molar-refractivity contribution in [3.05, 3.63) is 65.1 Å². The van der Waals surface area contributed by atoms with Gasteiger partial charge in [-0.15, -0.1) is 0 Å². The summed E-state index contributed by atoms with van der Waals surface area (Å²) in [6.45, 7) is 0.594. The predicted octanol–water partition coefficient (Wildman–Crippen LogP) is 3.36. The molecule has 1 fully saturated rings. The average molecular weight is 414 g/mol. The highest BCUT2D eigenvalue weighted by atomic mass is 16.1. The average Bonchev–Trinajstić information content (AvgIpc) is 3.43. The van der Waals surface area contributed by atoms with E-state index < -0.39 is 0 Å². The van der Waals surface area contributed by atoms with Crippen LogP contribution in [0, 0.1) is 17.2 Å². The molecule has 156 valence electrons. The topological polar surface area (TPSA) is 117 Å². The third kappa shape index (κ3) is 3.68. The lowest BCUT2D eigenvalue weighted by atomic mass is 9.85. The first kappa shape index (κ1) is 19.1. The van der Waals surface area contributed by atoms with Gasteiger partial charge in [0.1, 0.15) is 18.0 Å². The number of benzene rings is 1. The van der Waals surface area contributed by atoms with Crippen LogP contribution in [-0.2, 0) is 6.54 Å². The zero-order chi connectivity index (χ0) is 21.2. The fraction of sp³-hybridized carbons (Fsp3) is 0.318. The van der Waals surface area contributed by atoms with Gasteiger partial charge in [-0.1, -0.05) is 25.0 Å². The molecule has 0 radical (unpaired) electrons. The standard InChI is InChI=1S/C22H22N8O/c23-11-16-5-1-2-7-18(16)30-19-8-9-25-22(31)20(19)21(28-30)27-17-6-3-4-15(10-17)12-29-14-24-13-26-29/h3-4,6,8-10,13-14,16,18H,1-2,5,7,12H2,(H,25,31)(H,27,28). The third-order valence-corrected chi connectivity index (χ3v) is 5.84. The van der Waals surface area contributed by atoms with E-state index in [1.807, 2.05) is 35.0 Å². The SMILES string of the molecule is N#CC1CCCCC1n1nc(Nc2cccc(Cn3cncn3)c2)c2c(=O)[nH]ccc21. The van der Waals surface area contributed by atoms with E-state index in [1.54, 1.807) is 17.2 Å². The zero-order valence-corrected chi connectivity index (χ0v) is 16.9. The molecule has 0 aliphatic heterocycles. The van der Waals surface area contributed by atoms with Crippen LogP contribution >= 0.6 is 0 Å². The van der Waals surface area contributed by atoms with E-state index >= 15 is 0 Å². The number of aromatic amines is 1. The van der Waals surface area contributed by atoms with Gasteiger partial charge < -0.3 is 10.3 Å². The summed E-state index contributed by atoms with van der Waals surface area (Å²) in [5, 5.41) is 22.4. The molecule has 3 aromatic heterocycles. The van der Waals surface area contributed by atoms with Crippen molar-refractivity contribution in [3.8, 4) is 6.07 Å². The molecular formula is C22H22N8O. The largest absolute Gasteiger partial charge is 0.338 e. The van der Waals surface area contributed by atoms with Gasteiger partial charge in [-0.2, -0.15) is 15.5 Å². The number of fused-ring (bicyclic) bond motifs is 1. The Morgan fingerprint density at radius 2 is 2.16 bits per heavy atom. The van der Waals surface area contributed by atoms with Crippen LogP contribution in [-0.4, -0.2) is 29.5 Å². The van der Waals surface area contributed by atoms with Gasteiger partial charge in [-0.05, 0) is 36.6 Å². The summed E-state index contributed by atoms with van der Waals surface area (Å²) in [4.78, 5) is 19.4. The van der Waals surface area contributed by atoms with E-state index in [4.69, 9.17) is 5.10 Å². The number of nitriles is 1. The molecule has 4 aromatic rings. The van der Waals surface area contributed by atoms with Crippen molar-refractivity contribution in [2.45, 2.75) is 38.3 Å². The first-order chi connectivity index (χ1) is 15.2.